The second-order valence-electron chi connectivity index (χ2n) is 8.06. The summed E-state index contributed by atoms with van der Waals surface area (Å²) in [4.78, 5) is 27.6. The lowest BCUT2D eigenvalue weighted by Crippen LogP contribution is -2.48. The van der Waals surface area contributed by atoms with Gasteiger partial charge in [-0.1, -0.05) is 60.1 Å². The maximum atomic E-state index is 13.2. The van der Waals surface area contributed by atoms with E-state index in [4.69, 9.17) is 0 Å². The summed E-state index contributed by atoms with van der Waals surface area (Å²) < 4.78 is 0.952. The first-order valence-electron chi connectivity index (χ1n) is 10.0. The predicted molar refractivity (Wildman–Crippen MR) is 122 cm³/mol. The van der Waals surface area contributed by atoms with Crippen LogP contribution in [0.5, 0.6) is 0 Å². The lowest BCUT2D eigenvalue weighted by Gasteiger charge is -2.29. The minimum Gasteiger partial charge on any atom is -0.354 e. The fraction of sp³-hybridized carbons (Fsp3) is 0.417. The molecular formula is C24H31BrN2O2. The lowest BCUT2D eigenvalue weighted by molar-refractivity contribution is -0.140. The Morgan fingerprint density at radius 1 is 1.00 bits per heavy atom. The summed E-state index contributed by atoms with van der Waals surface area (Å²) in [5.74, 6) is 0.179. The Bertz CT molecular complexity index is 864. The topological polar surface area (TPSA) is 49.4 Å². The molecular weight excluding hydrogens is 428 g/mol. The first-order valence-corrected chi connectivity index (χ1v) is 10.8. The number of hydrogen-bond acceptors (Lipinski definition) is 2. The van der Waals surface area contributed by atoms with Crippen molar-refractivity contribution in [3.05, 3.63) is 69.2 Å². The van der Waals surface area contributed by atoms with Crippen molar-refractivity contribution in [1.29, 1.82) is 0 Å². The Hall–Kier alpha value is -2.14. The normalized spacial score (nSPS) is 12.0. The third-order valence-electron chi connectivity index (χ3n) is 5.02. The van der Waals surface area contributed by atoms with Gasteiger partial charge in [-0.2, -0.15) is 0 Å². The molecule has 2 aromatic carbocycles. The summed E-state index contributed by atoms with van der Waals surface area (Å²) in [5.41, 5.74) is 4.31. The number of nitrogens with one attached hydrogen (secondary N) is 1. The van der Waals surface area contributed by atoms with Gasteiger partial charge in [-0.05, 0) is 61.1 Å². The summed E-state index contributed by atoms with van der Waals surface area (Å²) in [7, 11) is 0. The van der Waals surface area contributed by atoms with E-state index in [-0.39, 0.29) is 18.2 Å². The number of nitrogens with zero attached hydrogens (tertiary/aromatic N) is 1. The van der Waals surface area contributed by atoms with E-state index in [2.05, 4.69) is 42.0 Å². The Balaban J connectivity index is 2.23. The van der Waals surface area contributed by atoms with Crippen LogP contribution in [0.3, 0.4) is 0 Å². The second-order valence-corrected chi connectivity index (χ2v) is 8.98. The number of carbonyl (C=O) groups excluding carboxylic acids is 2. The van der Waals surface area contributed by atoms with Gasteiger partial charge < -0.3 is 10.2 Å². The summed E-state index contributed by atoms with van der Waals surface area (Å²) in [5, 5.41) is 2.95. The van der Waals surface area contributed by atoms with Crippen molar-refractivity contribution in [3.8, 4) is 0 Å². The molecule has 0 aliphatic heterocycles. The molecule has 156 valence electrons. The van der Waals surface area contributed by atoms with E-state index >= 15 is 0 Å². The molecule has 0 aliphatic carbocycles. The highest BCUT2D eigenvalue weighted by atomic mass is 79.9. The third kappa shape index (κ3) is 7.00. The Morgan fingerprint density at radius 2 is 1.72 bits per heavy atom. The zero-order valence-electron chi connectivity index (χ0n) is 18.0. The minimum absolute atomic E-state index is 0.0552. The number of benzene rings is 2. The van der Waals surface area contributed by atoms with E-state index in [1.807, 2.05) is 49.4 Å². The fourth-order valence-electron chi connectivity index (χ4n) is 3.06. The molecule has 29 heavy (non-hydrogen) atoms. The number of rotatable bonds is 8. The van der Waals surface area contributed by atoms with Crippen LogP contribution in [-0.4, -0.2) is 29.3 Å². The van der Waals surface area contributed by atoms with Crippen LogP contribution in [0.25, 0.3) is 0 Å². The quantitative estimate of drug-likeness (QED) is 0.617. The Morgan fingerprint density at radius 3 is 2.34 bits per heavy atom. The monoisotopic (exact) mass is 458 g/mol. The van der Waals surface area contributed by atoms with Gasteiger partial charge in [0.05, 0.1) is 6.42 Å². The van der Waals surface area contributed by atoms with Crippen LogP contribution >= 0.6 is 15.9 Å². The zero-order valence-corrected chi connectivity index (χ0v) is 19.5. The summed E-state index contributed by atoms with van der Waals surface area (Å²) >= 11 is 3.48. The molecule has 1 atom stereocenters. The standard InChI is InChI=1S/C24H31BrN2O2/c1-16(2)14-26-24(29)19(5)27(15-21-7-6-8-22(25)12-21)23(28)13-20-10-9-17(3)18(4)11-20/h6-12,16,19H,13-15H2,1-5H3,(H,26,29)/t19-/m0/s1. The number of amides is 2. The van der Waals surface area contributed by atoms with Gasteiger partial charge in [-0.3, -0.25) is 9.59 Å². The molecule has 0 unspecified atom stereocenters. The number of aryl methyl sites for hydroxylation is 2. The molecule has 1 N–H and O–H groups in total. The van der Waals surface area contributed by atoms with E-state index in [9.17, 15) is 9.59 Å². The molecule has 0 spiro atoms. The molecule has 0 bridgehead atoms. The average Bonchev–Trinajstić information content (AvgIpc) is 2.66. The molecule has 0 radical (unpaired) electrons. The number of carbonyl (C=O) groups is 2. The van der Waals surface area contributed by atoms with Gasteiger partial charge in [0.25, 0.3) is 0 Å². The molecule has 0 saturated heterocycles. The van der Waals surface area contributed by atoms with Crippen molar-refractivity contribution in [2.24, 2.45) is 5.92 Å². The fourth-order valence-corrected chi connectivity index (χ4v) is 3.50. The second kappa shape index (κ2) is 10.6. The van der Waals surface area contributed by atoms with E-state index in [0.717, 1.165) is 21.2 Å². The van der Waals surface area contributed by atoms with Gasteiger partial charge in [0, 0.05) is 17.6 Å². The minimum atomic E-state index is -0.549. The third-order valence-corrected chi connectivity index (χ3v) is 5.51. The van der Waals surface area contributed by atoms with Crippen molar-refractivity contribution in [1.82, 2.24) is 10.2 Å². The smallest absolute Gasteiger partial charge is 0.242 e. The van der Waals surface area contributed by atoms with E-state index in [1.165, 1.54) is 5.56 Å². The molecule has 2 amide bonds. The Labute approximate surface area is 182 Å². The van der Waals surface area contributed by atoms with Crippen molar-refractivity contribution in [3.63, 3.8) is 0 Å². The lowest BCUT2D eigenvalue weighted by atomic mass is 10.0. The van der Waals surface area contributed by atoms with E-state index in [1.54, 1.807) is 11.8 Å². The van der Waals surface area contributed by atoms with E-state index in [0.29, 0.717) is 19.0 Å². The van der Waals surface area contributed by atoms with Crippen molar-refractivity contribution in [2.45, 2.75) is 53.6 Å². The van der Waals surface area contributed by atoms with Crippen LogP contribution in [0.2, 0.25) is 0 Å². The Kier molecular flexibility index (Phi) is 8.45. The van der Waals surface area contributed by atoms with Crippen molar-refractivity contribution < 1.29 is 9.59 Å². The van der Waals surface area contributed by atoms with Gasteiger partial charge in [-0.15, -0.1) is 0 Å². The molecule has 4 nitrogen and oxygen atoms in total. The largest absolute Gasteiger partial charge is 0.354 e. The van der Waals surface area contributed by atoms with Crippen LogP contribution in [-0.2, 0) is 22.6 Å². The van der Waals surface area contributed by atoms with Gasteiger partial charge in [0.15, 0.2) is 0 Å². The molecule has 2 aromatic rings. The van der Waals surface area contributed by atoms with Crippen LogP contribution in [0.15, 0.2) is 46.9 Å². The van der Waals surface area contributed by atoms with Crippen LogP contribution in [0.1, 0.15) is 43.0 Å². The summed E-state index contributed by atoms with van der Waals surface area (Å²) in [6.07, 6.45) is 0.275. The molecule has 2 rings (SSSR count). The van der Waals surface area contributed by atoms with Crippen molar-refractivity contribution >= 4 is 27.7 Å². The summed E-state index contributed by atoms with van der Waals surface area (Å²) in [6.45, 7) is 11.0. The zero-order chi connectivity index (χ0) is 21.6. The molecule has 0 fully saturated rings. The molecule has 0 aliphatic rings. The van der Waals surface area contributed by atoms with Gasteiger partial charge in [0.1, 0.15) is 6.04 Å². The SMILES string of the molecule is Cc1ccc(CC(=O)N(Cc2cccc(Br)c2)[C@@H](C)C(=O)NCC(C)C)cc1C. The van der Waals surface area contributed by atoms with Crippen molar-refractivity contribution in [2.75, 3.05) is 6.54 Å². The highest BCUT2D eigenvalue weighted by Gasteiger charge is 2.26. The van der Waals surface area contributed by atoms with Gasteiger partial charge in [0.2, 0.25) is 11.8 Å². The van der Waals surface area contributed by atoms with Gasteiger partial charge >= 0.3 is 0 Å². The first-order chi connectivity index (χ1) is 13.7. The van der Waals surface area contributed by atoms with Crippen LogP contribution in [0.4, 0.5) is 0 Å². The van der Waals surface area contributed by atoms with Crippen LogP contribution < -0.4 is 5.32 Å². The average molecular weight is 459 g/mol. The molecule has 5 heteroatoms. The van der Waals surface area contributed by atoms with Gasteiger partial charge in [-0.25, -0.2) is 0 Å². The predicted octanol–water partition coefficient (Wildman–Crippen LogP) is 4.80. The molecule has 0 aromatic heterocycles. The number of halogens is 1. The molecule has 0 saturated carbocycles. The number of hydrogen-bond donors (Lipinski definition) is 1. The molecule has 0 heterocycles. The summed E-state index contributed by atoms with van der Waals surface area (Å²) in [6, 6.07) is 13.4. The van der Waals surface area contributed by atoms with E-state index < -0.39 is 6.04 Å². The maximum absolute atomic E-state index is 13.2. The highest BCUT2D eigenvalue weighted by molar-refractivity contribution is 9.10. The highest BCUT2D eigenvalue weighted by Crippen LogP contribution is 2.17. The maximum Gasteiger partial charge on any atom is 0.242 e. The van der Waals surface area contributed by atoms with Crippen LogP contribution in [0, 0.1) is 19.8 Å². The first kappa shape index (κ1) is 23.1.